The SMILES string of the molecule is COc1c(CC(C)C(=O)O)ccc2c1OCCCO2. The van der Waals surface area contributed by atoms with Crippen LogP contribution >= 0.6 is 0 Å². The summed E-state index contributed by atoms with van der Waals surface area (Å²) in [6.07, 6.45) is 1.22. The van der Waals surface area contributed by atoms with Crippen LogP contribution in [0.15, 0.2) is 12.1 Å². The van der Waals surface area contributed by atoms with Gasteiger partial charge in [-0.3, -0.25) is 4.79 Å². The Bertz CT molecular complexity index is 469. The summed E-state index contributed by atoms with van der Waals surface area (Å²) in [5.74, 6) is 0.511. The van der Waals surface area contributed by atoms with Crippen LogP contribution < -0.4 is 14.2 Å². The van der Waals surface area contributed by atoms with E-state index in [4.69, 9.17) is 19.3 Å². The zero-order chi connectivity index (χ0) is 13.8. The highest BCUT2D eigenvalue weighted by atomic mass is 16.5. The first-order valence-corrected chi connectivity index (χ1v) is 6.31. The van der Waals surface area contributed by atoms with E-state index in [2.05, 4.69) is 0 Å². The molecule has 19 heavy (non-hydrogen) atoms. The third kappa shape index (κ3) is 2.92. The van der Waals surface area contributed by atoms with Gasteiger partial charge in [0, 0.05) is 6.42 Å². The second-order valence-electron chi connectivity index (χ2n) is 4.58. The zero-order valence-electron chi connectivity index (χ0n) is 11.1. The zero-order valence-corrected chi connectivity index (χ0v) is 11.1. The molecule has 1 atom stereocenters. The van der Waals surface area contributed by atoms with Gasteiger partial charge in [0.2, 0.25) is 5.75 Å². The summed E-state index contributed by atoms with van der Waals surface area (Å²) in [4.78, 5) is 11.0. The van der Waals surface area contributed by atoms with Gasteiger partial charge in [-0.2, -0.15) is 0 Å². The fourth-order valence-electron chi connectivity index (χ4n) is 2.05. The molecule has 0 aromatic heterocycles. The molecule has 0 saturated heterocycles. The van der Waals surface area contributed by atoms with E-state index in [1.54, 1.807) is 14.0 Å². The molecule has 104 valence electrons. The lowest BCUT2D eigenvalue weighted by molar-refractivity contribution is -0.141. The van der Waals surface area contributed by atoms with Crippen molar-refractivity contribution in [2.45, 2.75) is 19.8 Å². The maximum absolute atomic E-state index is 11.0. The molecular weight excluding hydrogens is 248 g/mol. The molecule has 0 spiro atoms. The van der Waals surface area contributed by atoms with Gasteiger partial charge in [0.25, 0.3) is 0 Å². The Hall–Kier alpha value is -1.91. The van der Waals surface area contributed by atoms with E-state index in [-0.39, 0.29) is 0 Å². The standard InChI is InChI=1S/C14H18O5/c1-9(14(15)16)8-10-4-5-11-13(12(10)17-2)19-7-3-6-18-11/h4-5,9H,3,6-8H2,1-2H3,(H,15,16). The summed E-state index contributed by atoms with van der Waals surface area (Å²) in [5, 5.41) is 8.99. The summed E-state index contributed by atoms with van der Waals surface area (Å²) >= 11 is 0. The minimum atomic E-state index is -0.825. The smallest absolute Gasteiger partial charge is 0.306 e. The van der Waals surface area contributed by atoms with Gasteiger partial charge in [0.05, 0.1) is 26.2 Å². The molecule has 5 nitrogen and oxygen atoms in total. The Labute approximate surface area is 112 Å². The predicted molar refractivity (Wildman–Crippen MR) is 69.1 cm³/mol. The first-order valence-electron chi connectivity index (χ1n) is 6.31. The molecule has 1 unspecified atom stereocenters. The Kier molecular flexibility index (Phi) is 4.14. The van der Waals surface area contributed by atoms with Crippen molar-refractivity contribution in [3.8, 4) is 17.2 Å². The highest BCUT2D eigenvalue weighted by Crippen LogP contribution is 2.42. The van der Waals surface area contributed by atoms with Crippen molar-refractivity contribution in [1.82, 2.24) is 0 Å². The third-order valence-electron chi connectivity index (χ3n) is 3.10. The highest BCUT2D eigenvalue weighted by Gasteiger charge is 2.22. The van der Waals surface area contributed by atoms with Crippen molar-refractivity contribution in [2.75, 3.05) is 20.3 Å². The van der Waals surface area contributed by atoms with E-state index >= 15 is 0 Å². The van der Waals surface area contributed by atoms with Crippen molar-refractivity contribution in [3.63, 3.8) is 0 Å². The largest absolute Gasteiger partial charge is 0.492 e. The normalized spacial score (nSPS) is 15.5. The van der Waals surface area contributed by atoms with Gasteiger partial charge in [-0.1, -0.05) is 13.0 Å². The van der Waals surface area contributed by atoms with Gasteiger partial charge in [0.15, 0.2) is 11.5 Å². The minimum absolute atomic E-state index is 0.398. The van der Waals surface area contributed by atoms with Crippen molar-refractivity contribution in [1.29, 1.82) is 0 Å². The number of benzene rings is 1. The molecule has 1 aliphatic heterocycles. The average molecular weight is 266 g/mol. The van der Waals surface area contributed by atoms with Crippen LogP contribution in [0.25, 0.3) is 0 Å². The molecule has 1 aromatic carbocycles. The molecule has 1 aromatic rings. The lowest BCUT2D eigenvalue weighted by Crippen LogP contribution is -2.13. The molecule has 0 radical (unpaired) electrons. The Morgan fingerprint density at radius 1 is 1.42 bits per heavy atom. The number of hydrogen-bond donors (Lipinski definition) is 1. The summed E-state index contributed by atoms with van der Waals surface area (Å²) in [6.45, 7) is 2.85. The maximum Gasteiger partial charge on any atom is 0.306 e. The number of hydrogen-bond acceptors (Lipinski definition) is 4. The quantitative estimate of drug-likeness (QED) is 0.904. The van der Waals surface area contributed by atoms with Crippen LogP contribution in [0.1, 0.15) is 18.9 Å². The van der Waals surface area contributed by atoms with Crippen molar-refractivity contribution < 1.29 is 24.1 Å². The number of methoxy groups -OCH3 is 1. The minimum Gasteiger partial charge on any atom is -0.492 e. The first kappa shape index (κ1) is 13.5. The topological polar surface area (TPSA) is 65.0 Å². The van der Waals surface area contributed by atoms with E-state index in [0.29, 0.717) is 36.9 Å². The van der Waals surface area contributed by atoms with Gasteiger partial charge >= 0.3 is 5.97 Å². The van der Waals surface area contributed by atoms with Crippen LogP contribution in [-0.4, -0.2) is 31.4 Å². The number of ether oxygens (including phenoxy) is 3. The maximum atomic E-state index is 11.0. The van der Waals surface area contributed by atoms with Crippen molar-refractivity contribution in [2.24, 2.45) is 5.92 Å². The van der Waals surface area contributed by atoms with E-state index < -0.39 is 11.9 Å². The highest BCUT2D eigenvalue weighted by molar-refractivity contribution is 5.70. The molecule has 0 fully saturated rings. The molecule has 0 bridgehead atoms. The third-order valence-corrected chi connectivity index (χ3v) is 3.10. The molecule has 0 amide bonds. The van der Waals surface area contributed by atoms with E-state index in [1.807, 2.05) is 12.1 Å². The van der Waals surface area contributed by atoms with Gasteiger partial charge in [-0.05, 0) is 18.1 Å². The predicted octanol–water partition coefficient (Wildman–Crippen LogP) is 2.12. The fourth-order valence-corrected chi connectivity index (χ4v) is 2.05. The van der Waals surface area contributed by atoms with Crippen LogP contribution in [-0.2, 0) is 11.2 Å². The second-order valence-corrected chi connectivity index (χ2v) is 4.58. The van der Waals surface area contributed by atoms with Crippen molar-refractivity contribution in [3.05, 3.63) is 17.7 Å². The van der Waals surface area contributed by atoms with Crippen LogP contribution in [0, 0.1) is 5.92 Å². The molecular formula is C14H18O5. The molecule has 0 saturated carbocycles. The molecule has 5 heteroatoms. The first-order chi connectivity index (χ1) is 9.13. The fraction of sp³-hybridized carbons (Fsp3) is 0.500. The number of rotatable bonds is 4. The molecule has 0 aliphatic carbocycles. The number of carboxylic acid groups (broad SMARTS) is 1. The molecule has 1 N–H and O–H groups in total. The van der Waals surface area contributed by atoms with E-state index in [9.17, 15) is 4.79 Å². The van der Waals surface area contributed by atoms with Gasteiger partial charge < -0.3 is 19.3 Å². The summed E-state index contributed by atoms with van der Waals surface area (Å²) in [5.41, 5.74) is 0.821. The number of carboxylic acids is 1. The number of carbonyl (C=O) groups is 1. The van der Waals surface area contributed by atoms with Crippen molar-refractivity contribution >= 4 is 5.97 Å². The van der Waals surface area contributed by atoms with Gasteiger partial charge in [-0.25, -0.2) is 0 Å². The molecule has 2 rings (SSSR count). The Balaban J connectivity index is 2.34. The van der Waals surface area contributed by atoms with Crippen LogP contribution in [0.4, 0.5) is 0 Å². The van der Waals surface area contributed by atoms with Crippen LogP contribution in [0.5, 0.6) is 17.2 Å². The lowest BCUT2D eigenvalue weighted by atomic mass is 10.00. The average Bonchev–Trinajstić information content (AvgIpc) is 2.63. The van der Waals surface area contributed by atoms with Crippen LogP contribution in [0.2, 0.25) is 0 Å². The monoisotopic (exact) mass is 266 g/mol. The summed E-state index contributed by atoms with van der Waals surface area (Å²) in [6, 6.07) is 3.65. The van der Waals surface area contributed by atoms with Gasteiger partial charge in [0.1, 0.15) is 0 Å². The molecule has 1 aliphatic rings. The molecule has 1 heterocycles. The van der Waals surface area contributed by atoms with Crippen LogP contribution in [0.3, 0.4) is 0 Å². The number of aliphatic carboxylic acids is 1. The lowest BCUT2D eigenvalue weighted by Gasteiger charge is -2.16. The second kappa shape index (κ2) is 5.82. The Morgan fingerprint density at radius 3 is 2.84 bits per heavy atom. The summed E-state index contributed by atoms with van der Waals surface area (Å²) in [7, 11) is 1.55. The Morgan fingerprint density at radius 2 is 2.16 bits per heavy atom. The number of fused-ring (bicyclic) bond motifs is 1. The van der Waals surface area contributed by atoms with Gasteiger partial charge in [-0.15, -0.1) is 0 Å². The van der Waals surface area contributed by atoms with E-state index in [1.165, 1.54) is 0 Å². The van der Waals surface area contributed by atoms with E-state index in [0.717, 1.165) is 12.0 Å². The summed E-state index contributed by atoms with van der Waals surface area (Å²) < 4.78 is 16.6.